The molecule has 0 radical (unpaired) electrons. The average molecular weight is 235 g/mol. The fraction of sp³-hybridized carbons (Fsp3) is 0.667. The highest BCUT2D eigenvalue weighted by Gasteiger charge is 2.04. The summed E-state index contributed by atoms with van der Waals surface area (Å²) in [7, 11) is 0. The number of carbonyl (C=O) groups excluding carboxylic acids is 1. The Labute approximate surface area is 105 Å². The van der Waals surface area contributed by atoms with Gasteiger partial charge in [0.1, 0.15) is 0 Å². The number of unbranched alkanes of at least 4 members (excludes halogenated alkanes) is 6. The second-order valence-corrected chi connectivity index (χ2v) is 4.76. The van der Waals surface area contributed by atoms with Crippen LogP contribution in [0.25, 0.3) is 0 Å². The van der Waals surface area contributed by atoms with Crippen LogP contribution in [0.2, 0.25) is 0 Å². The van der Waals surface area contributed by atoms with E-state index in [1.165, 1.54) is 44.9 Å². The second kappa shape index (κ2) is 8.10. The van der Waals surface area contributed by atoms with Gasteiger partial charge in [-0.1, -0.05) is 45.4 Å². The third-order valence-electron chi connectivity index (χ3n) is 3.19. The first kappa shape index (κ1) is 14.0. The molecule has 0 aliphatic heterocycles. The third-order valence-corrected chi connectivity index (χ3v) is 3.19. The molecule has 0 saturated carbocycles. The minimum Gasteiger partial charge on any atom is -0.345 e. The van der Waals surface area contributed by atoms with Crippen LogP contribution in [0.3, 0.4) is 0 Å². The van der Waals surface area contributed by atoms with Crippen LogP contribution < -0.4 is 0 Å². The standard InChI is InChI=1S/C15H25NO/c1-3-4-5-6-7-8-9-12-16-13-10-11-15(16)14(2)17/h10-11,13H,3-9,12H2,1-2H3. The van der Waals surface area contributed by atoms with Crippen LogP contribution in [-0.4, -0.2) is 10.4 Å². The predicted octanol–water partition coefficient (Wildman–Crippen LogP) is 4.44. The van der Waals surface area contributed by atoms with E-state index in [-0.39, 0.29) is 5.78 Å². The number of hydrogen-bond acceptors (Lipinski definition) is 1. The summed E-state index contributed by atoms with van der Waals surface area (Å²) in [6.07, 6.45) is 11.2. The molecule has 1 aromatic rings. The van der Waals surface area contributed by atoms with E-state index in [0.29, 0.717) is 0 Å². The molecule has 0 bridgehead atoms. The zero-order chi connectivity index (χ0) is 12.5. The molecule has 17 heavy (non-hydrogen) atoms. The Morgan fingerprint density at radius 3 is 2.41 bits per heavy atom. The van der Waals surface area contributed by atoms with Crippen molar-refractivity contribution in [1.82, 2.24) is 4.57 Å². The van der Waals surface area contributed by atoms with Gasteiger partial charge in [0.15, 0.2) is 5.78 Å². The lowest BCUT2D eigenvalue weighted by molar-refractivity contribution is 0.100. The lowest BCUT2D eigenvalue weighted by Crippen LogP contribution is -2.05. The molecule has 0 spiro atoms. The topological polar surface area (TPSA) is 22.0 Å². The SMILES string of the molecule is CCCCCCCCCn1cccc1C(C)=O. The van der Waals surface area contributed by atoms with Crippen molar-refractivity contribution in [2.45, 2.75) is 65.3 Å². The van der Waals surface area contributed by atoms with E-state index < -0.39 is 0 Å². The summed E-state index contributed by atoms with van der Waals surface area (Å²) in [4.78, 5) is 11.3. The Kier molecular flexibility index (Phi) is 6.68. The van der Waals surface area contributed by atoms with Gasteiger partial charge < -0.3 is 4.57 Å². The van der Waals surface area contributed by atoms with E-state index in [0.717, 1.165) is 12.2 Å². The monoisotopic (exact) mass is 235 g/mol. The van der Waals surface area contributed by atoms with Gasteiger partial charge in [0.05, 0.1) is 5.69 Å². The molecule has 0 aromatic carbocycles. The number of Topliss-reactive ketones (excluding diaryl/α,β-unsaturated/α-hetero) is 1. The highest BCUT2D eigenvalue weighted by Crippen LogP contribution is 2.10. The molecule has 0 aliphatic rings. The van der Waals surface area contributed by atoms with Gasteiger partial charge in [-0.2, -0.15) is 0 Å². The fourth-order valence-corrected chi connectivity index (χ4v) is 2.17. The Balaban J connectivity index is 2.14. The maximum atomic E-state index is 11.3. The quantitative estimate of drug-likeness (QED) is 0.458. The van der Waals surface area contributed by atoms with Gasteiger partial charge in [-0.05, 0) is 18.6 Å². The molecule has 2 nitrogen and oxygen atoms in total. The molecule has 0 aliphatic carbocycles. The van der Waals surface area contributed by atoms with Gasteiger partial charge in [0.25, 0.3) is 0 Å². The normalized spacial score (nSPS) is 10.7. The maximum absolute atomic E-state index is 11.3. The molecule has 1 rings (SSSR count). The van der Waals surface area contributed by atoms with Crippen molar-refractivity contribution in [3.8, 4) is 0 Å². The summed E-state index contributed by atoms with van der Waals surface area (Å²) >= 11 is 0. The van der Waals surface area contributed by atoms with Crippen molar-refractivity contribution in [3.63, 3.8) is 0 Å². The first-order chi connectivity index (χ1) is 8.25. The molecule has 1 heterocycles. The number of hydrogen-bond donors (Lipinski definition) is 0. The third kappa shape index (κ3) is 5.20. The van der Waals surface area contributed by atoms with Crippen molar-refractivity contribution in [2.75, 3.05) is 0 Å². The van der Waals surface area contributed by atoms with Crippen LogP contribution >= 0.6 is 0 Å². The average Bonchev–Trinajstić information content (AvgIpc) is 2.76. The van der Waals surface area contributed by atoms with Crippen LogP contribution in [0.5, 0.6) is 0 Å². The van der Waals surface area contributed by atoms with E-state index in [9.17, 15) is 4.79 Å². The van der Waals surface area contributed by atoms with Crippen LogP contribution in [-0.2, 0) is 6.54 Å². The Morgan fingerprint density at radius 1 is 1.12 bits per heavy atom. The molecule has 0 fully saturated rings. The second-order valence-electron chi connectivity index (χ2n) is 4.76. The number of aryl methyl sites for hydroxylation is 1. The largest absolute Gasteiger partial charge is 0.345 e. The molecule has 2 heteroatoms. The Morgan fingerprint density at radius 2 is 1.76 bits per heavy atom. The number of ketones is 1. The van der Waals surface area contributed by atoms with Crippen molar-refractivity contribution in [1.29, 1.82) is 0 Å². The number of rotatable bonds is 9. The highest BCUT2D eigenvalue weighted by atomic mass is 16.1. The first-order valence-electron chi connectivity index (χ1n) is 6.91. The molecule has 0 N–H and O–H groups in total. The number of aromatic nitrogens is 1. The summed E-state index contributed by atoms with van der Waals surface area (Å²) in [5, 5.41) is 0. The highest BCUT2D eigenvalue weighted by molar-refractivity contribution is 5.92. The van der Waals surface area contributed by atoms with Gasteiger partial charge in [0, 0.05) is 19.7 Å². The molecule has 0 unspecified atom stereocenters. The van der Waals surface area contributed by atoms with Crippen molar-refractivity contribution in [2.24, 2.45) is 0 Å². The van der Waals surface area contributed by atoms with Gasteiger partial charge in [0.2, 0.25) is 0 Å². The van der Waals surface area contributed by atoms with Crippen molar-refractivity contribution >= 4 is 5.78 Å². The zero-order valence-corrected chi connectivity index (χ0v) is 11.2. The summed E-state index contributed by atoms with van der Waals surface area (Å²) in [5.74, 6) is 0.165. The Bertz CT molecular complexity index is 327. The molecule has 96 valence electrons. The molecule has 1 aromatic heterocycles. The lowest BCUT2D eigenvalue weighted by atomic mass is 10.1. The van der Waals surface area contributed by atoms with Crippen LogP contribution in [0, 0.1) is 0 Å². The van der Waals surface area contributed by atoms with Gasteiger partial charge in [-0.3, -0.25) is 4.79 Å². The first-order valence-corrected chi connectivity index (χ1v) is 6.91. The summed E-state index contributed by atoms with van der Waals surface area (Å²) in [5.41, 5.74) is 0.844. The molecule has 0 amide bonds. The van der Waals surface area contributed by atoms with Crippen LogP contribution in [0.15, 0.2) is 18.3 Å². The van der Waals surface area contributed by atoms with Gasteiger partial charge >= 0.3 is 0 Å². The van der Waals surface area contributed by atoms with E-state index >= 15 is 0 Å². The number of nitrogens with zero attached hydrogens (tertiary/aromatic N) is 1. The summed E-state index contributed by atoms with van der Waals surface area (Å²) in [6.45, 7) is 4.86. The fourth-order valence-electron chi connectivity index (χ4n) is 2.17. The minimum atomic E-state index is 0.165. The van der Waals surface area contributed by atoms with Crippen molar-refractivity contribution in [3.05, 3.63) is 24.0 Å². The maximum Gasteiger partial charge on any atom is 0.176 e. The molecular weight excluding hydrogens is 210 g/mol. The summed E-state index contributed by atoms with van der Waals surface area (Å²) < 4.78 is 2.08. The molecule has 0 saturated heterocycles. The van der Waals surface area contributed by atoms with E-state index in [1.807, 2.05) is 18.3 Å². The predicted molar refractivity (Wildman–Crippen MR) is 72.4 cm³/mol. The lowest BCUT2D eigenvalue weighted by Gasteiger charge is -2.06. The number of carbonyl (C=O) groups is 1. The van der Waals surface area contributed by atoms with Crippen LogP contribution in [0.1, 0.15) is 69.3 Å². The van der Waals surface area contributed by atoms with E-state index in [4.69, 9.17) is 0 Å². The van der Waals surface area contributed by atoms with E-state index in [1.54, 1.807) is 6.92 Å². The van der Waals surface area contributed by atoms with Crippen molar-refractivity contribution < 1.29 is 4.79 Å². The Hall–Kier alpha value is -1.05. The van der Waals surface area contributed by atoms with Gasteiger partial charge in [-0.15, -0.1) is 0 Å². The molecular formula is C15H25NO. The van der Waals surface area contributed by atoms with E-state index in [2.05, 4.69) is 11.5 Å². The van der Waals surface area contributed by atoms with Crippen LogP contribution in [0.4, 0.5) is 0 Å². The summed E-state index contributed by atoms with van der Waals surface area (Å²) in [6, 6.07) is 3.86. The zero-order valence-electron chi connectivity index (χ0n) is 11.2. The minimum absolute atomic E-state index is 0.165. The van der Waals surface area contributed by atoms with Gasteiger partial charge in [-0.25, -0.2) is 0 Å². The smallest absolute Gasteiger partial charge is 0.176 e. The molecule has 0 atom stereocenters.